The van der Waals surface area contributed by atoms with Crippen molar-refractivity contribution in [3.63, 3.8) is 0 Å². The zero-order chi connectivity index (χ0) is 13.0. The molecule has 0 unspecified atom stereocenters. The van der Waals surface area contributed by atoms with Crippen LogP contribution in [0.3, 0.4) is 0 Å². The van der Waals surface area contributed by atoms with Crippen molar-refractivity contribution >= 4 is 15.9 Å². The zero-order valence-corrected chi connectivity index (χ0v) is 12.0. The summed E-state index contributed by atoms with van der Waals surface area (Å²) >= 11 is 3.32. The van der Waals surface area contributed by atoms with Crippen molar-refractivity contribution in [1.82, 2.24) is 5.32 Å². The molecule has 2 rings (SSSR count). The van der Waals surface area contributed by atoms with E-state index in [1.165, 1.54) is 19.3 Å². The van der Waals surface area contributed by atoms with E-state index in [0.717, 1.165) is 24.9 Å². The minimum Gasteiger partial charge on any atom is -0.507 e. The summed E-state index contributed by atoms with van der Waals surface area (Å²) in [5.41, 5.74) is 1.00. The van der Waals surface area contributed by atoms with Crippen molar-refractivity contribution < 1.29 is 10.2 Å². The number of hydrogen-bond donors (Lipinski definition) is 3. The first-order valence-corrected chi connectivity index (χ1v) is 7.28. The average molecular weight is 314 g/mol. The van der Waals surface area contributed by atoms with Gasteiger partial charge in [-0.3, -0.25) is 0 Å². The maximum Gasteiger partial charge on any atom is 0.129 e. The van der Waals surface area contributed by atoms with Crippen LogP contribution in [0.15, 0.2) is 22.7 Å². The van der Waals surface area contributed by atoms with Gasteiger partial charge in [-0.25, -0.2) is 0 Å². The highest BCUT2D eigenvalue weighted by molar-refractivity contribution is 9.10. The van der Waals surface area contributed by atoms with E-state index in [1.807, 2.05) is 12.1 Å². The van der Waals surface area contributed by atoms with Crippen molar-refractivity contribution in [3.05, 3.63) is 28.2 Å². The van der Waals surface area contributed by atoms with E-state index in [1.54, 1.807) is 6.07 Å². The van der Waals surface area contributed by atoms with Crippen molar-refractivity contribution in [2.24, 2.45) is 0 Å². The van der Waals surface area contributed by atoms with E-state index in [0.29, 0.717) is 4.47 Å². The van der Waals surface area contributed by atoms with Gasteiger partial charge in [0.25, 0.3) is 0 Å². The number of phenols is 1. The summed E-state index contributed by atoms with van der Waals surface area (Å²) in [7, 11) is 0. The van der Waals surface area contributed by atoms with Gasteiger partial charge in [0.2, 0.25) is 0 Å². The van der Waals surface area contributed by atoms with E-state index < -0.39 is 0 Å². The molecule has 0 aromatic heterocycles. The normalized spacial score (nSPS) is 18.8. The Morgan fingerprint density at radius 1 is 1.22 bits per heavy atom. The van der Waals surface area contributed by atoms with Gasteiger partial charge >= 0.3 is 0 Å². The van der Waals surface area contributed by atoms with Gasteiger partial charge < -0.3 is 15.5 Å². The SMILES string of the molecule is OCC1(NCc2ccc(O)c(Br)c2)CCCCC1. The Morgan fingerprint density at radius 3 is 2.56 bits per heavy atom. The van der Waals surface area contributed by atoms with Crippen LogP contribution in [0.5, 0.6) is 5.75 Å². The molecule has 18 heavy (non-hydrogen) atoms. The molecule has 0 spiro atoms. The predicted molar refractivity (Wildman–Crippen MR) is 75.5 cm³/mol. The second kappa shape index (κ2) is 6.04. The van der Waals surface area contributed by atoms with Gasteiger partial charge in [-0.2, -0.15) is 0 Å². The molecule has 0 aliphatic heterocycles. The van der Waals surface area contributed by atoms with Gasteiger partial charge in [-0.1, -0.05) is 25.3 Å². The molecule has 3 N–H and O–H groups in total. The summed E-state index contributed by atoms with van der Waals surface area (Å²) in [6, 6.07) is 5.50. The maximum atomic E-state index is 9.61. The average Bonchev–Trinajstić information content (AvgIpc) is 2.41. The number of benzene rings is 1. The maximum absolute atomic E-state index is 9.61. The third kappa shape index (κ3) is 3.25. The fraction of sp³-hybridized carbons (Fsp3) is 0.571. The molecule has 1 aromatic carbocycles. The number of rotatable bonds is 4. The van der Waals surface area contributed by atoms with Crippen LogP contribution in [0.2, 0.25) is 0 Å². The Hall–Kier alpha value is -0.580. The van der Waals surface area contributed by atoms with Crippen LogP contribution in [0.1, 0.15) is 37.7 Å². The Balaban J connectivity index is 1.98. The Kier molecular flexibility index (Phi) is 4.65. The summed E-state index contributed by atoms with van der Waals surface area (Å²) in [6.07, 6.45) is 5.74. The molecule has 0 heterocycles. The number of halogens is 1. The molecule has 1 aromatic rings. The highest BCUT2D eigenvalue weighted by atomic mass is 79.9. The van der Waals surface area contributed by atoms with Crippen molar-refractivity contribution in [2.75, 3.05) is 6.61 Å². The lowest BCUT2D eigenvalue weighted by Crippen LogP contribution is -2.49. The van der Waals surface area contributed by atoms with Crippen molar-refractivity contribution in [1.29, 1.82) is 0 Å². The minimum absolute atomic E-state index is 0.109. The monoisotopic (exact) mass is 313 g/mol. The summed E-state index contributed by atoms with van der Waals surface area (Å²) in [6.45, 7) is 0.922. The Morgan fingerprint density at radius 2 is 1.94 bits per heavy atom. The highest BCUT2D eigenvalue weighted by Gasteiger charge is 2.30. The molecule has 3 nitrogen and oxygen atoms in total. The topological polar surface area (TPSA) is 52.5 Å². The molecule has 0 atom stereocenters. The molecule has 1 saturated carbocycles. The largest absolute Gasteiger partial charge is 0.507 e. The van der Waals surface area contributed by atoms with Crippen molar-refractivity contribution in [3.8, 4) is 5.75 Å². The first-order valence-electron chi connectivity index (χ1n) is 6.48. The van der Waals surface area contributed by atoms with Crippen LogP contribution < -0.4 is 5.32 Å². The molecule has 0 amide bonds. The van der Waals surface area contributed by atoms with E-state index in [4.69, 9.17) is 0 Å². The number of phenolic OH excluding ortho intramolecular Hbond substituents is 1. The second-order valence-corrected chi connectivity index (χ2v) is 5.99. The lowest BCUT2D eigenvalue weighted by Gasteiger charge is -2.36. The molecular weight excluding hydrogens is 294 g/mol. The summed E-state index contributed by atoms with van der Waals surface area (Å²) < 4.78 is 0.712. The number of aliphatic hydroxyl groups is 1. The molecule has 1 fully saturated rings. The van der Waals surface area contributed by atoms with E-state index in [-0.39, 0.29) is 17.9 Å². The molecular formula is C14H20BrNO2. The lowest BCUT2D eigenvalue weighted by molar-refractivity contribution is 0.119. The van der Waals surface area contributed by atoms with E-state index in [9.17, 15) is 10.2 Å². The number of nitrogens with one attached hydrogen (secondary N) is 1. The van der Waals surface area contributed by atoms with Gasteiger partial charge in [0.05, 0.1) is 11.1 Å². The minimum atomic E-state index is -0.109. The molecule has 1 aliphatic carbocycles. The summed E-state index contributed by atoms with van der Waals surface area (Å²) in [5.74, 6) is 0.258. The van der Waals surface area contributed by atoms with Crippen LogP contribution >= 0.6 is 15.9 Å². The fourth-order valence-corrected chi connectivity index (χ4v) is 3.00. The van der Waals surface area contributed by atoms with Gasteiger partial charge in [0.1, 0.15) is 5.75 Å². The third-order valence-corrected chi connectivity index (χ3v) is 4.43. The van der Waals surface area contributed by atoms with E-state index >= 15 is 0 Å². The zero-order valence-electron chi connectivity index (χ0n) is 10.5. The lowest BCUT2D eigenvalue weighted by atomic mass is 9.82. The van der Waals surface area contributed by atoms with Crippen LogP contribution in [0.25, 0.3) is 0 Å². The predicted octanol–water partition coefficient (Wildman–Crippen LogP) is 2.94. The summed E-state index contributed by atoms with van der Waals surface area (Å²) in [4.78, 5) is 0. The molecule has 0 saturated heterocycles. The molecule has 100 valence electrons. The standard InChI is InChI=1S/C14H20BrNO2/c15-12-8-11(4-5-13(12)18)9-16-14(10-17)6-2-1-3-7-14/h4-5,8,16-18H,1-3,6-7,9-10H2. The number of hydrogen-bond acceptors (Lipinski definition) is 3. The highest BCUT2D eigenvalue weighted by Crippen LogP contribution is 2.29. The van der Waals surface area contributed by atoms with Gasteiger partial charge in [-0.05, 0) is 46.5 Å². The number of aliphatic hydroxyl groups excluding tert-OH is 1. The second-order valence-electron chi connectivity index (χ2n) is 5.14. The van der Waals surface area contributed by atoms with Gasteiger partial charge in [0, 0.05) is 12.1 Å². The smallest absolute Gasteiger partial charge is 0.129 e. The fourth-order valence-electron chi connectivity index (χ4n) is 2.57. The van der Waals surface area contributed by atoms with Crippen LogP contribution in [-0.4, -0.2) is 22.4 Å². The first kappa shape index (κ1) is 13.8. The summed E-state index contributed by atoms with van der Waals surface area (Å²) in [5, 5.41) is 22.6. The number of aromatic hydroxyl groups is 1. The molecule has 1 aliphatic rings. The third-order valence-electron chi connectivity index (χ3n) is 3.79. The molecule has 0 bridgehead atoms. The van der Waals surface area contributed by atoms with Crippen LogP contribution in [0, 0.1) is 0 Å². The van der Waals surface area contributed by atoms with E-state index in [2.05, 4.69) is 21.2 Å². The Labute approximate surface area is 116 Å². The Bertz CT molecular complexity index is 403. The van der Waals surface area contributed by atoms with Crippen LogP contribution in [0.4, 0.5) is 0 Å². The quantitative estimate of drug-likeness (QED) is 0.801. The first-order chi connectivity index (χ1) is 8.65. The molecule has 0 radical (unpaired) electrons. The van der Waals surface area contributed by atoms with Gasteiger partial charge in [0.15, 0.2) is 0 Å². The van der Waals surface area contributed by atoms with Crippen molar-refractivity contribution in [2.45, 2.75) is 44.2 Å². The molecule has 4 heteroatoms. The van der Waals surface area contributed by atoms with Gasteiger partial charge in [-0.15, -0.1) is 0 Å². The van der Waals surface area contributed by atoms with Crippen LogP contribution in [-0.2, 0) is 6.54 Å².